The van der Waals surface area contributed by atoms with Crippen LogP contribution in [0.25, 0.3) is 126 Å². The second-order valence-electron chi connectivity index (χ2n) is 25.4. The normalized spacial score (nSPS) is 14.6. The number of anilines is 3. The first kappa shape index (κ1) is 41.0. The lowest BCUT2D eigenvalue weighted by Gasteiger charge is -2.41. The molecule has 5 heteroatoms. The van der Waals surface area contributed by atoms with E-state index in [1.54, 1.807) is 4.57 Å². The second kappa shape index (κ2) is 17.2. The maximum atomic E-state index is 9.69. The Kier molecular flexibility index (Phi) is 8.32. The zero-order valence-electron chi connectivity index (χ0n) is 55.9. The average molecular weight is 1100 g/mol. The molecule has 0 aliphatic carbocycles. The summed E-state index contributed by atoms with van der Waals surface area (Å²) in [6, 6.07) is 69.6. The van der Waals surface area contributed by atoms with Crippen LogP contribution >= 0.6 is 0 Å². The topological polar surface area (TPSA) is 17.5 Å². The van der Waals surface area contributed by atoms with Gasteiger partial charge in [0.15, 0.2) is 0 Å². The molecule has 2 aliphatic rings. The lowest BCUT2D eigenvalue weighted by Crippen LogP contribution is -2.60. The molecule has 0 atom stereocenters. The molecule has 6 heterocycles. The molecule has 402 valence electrons. The maximum Gasteiger partial charge on any atom is 0.252 e. The zero-order chi connectivity index (χ0) is 63.7. The van der Waals surface area contributed by atoms with Gasteiger partial charge < -0.3 is 18.4 Å². The summed E-state index contributed by atoms with van der Waals surface area (Å²) in [5.74, 6) is 0. The minimum atomic E-state index is -0.484. The number of aromatic nitrogens is 3. The first-order valence-electron chi connectivity index (χ1n) is 33.5. The largest absolute Gasteiger partial charge is 0.311 e. The Morgan fingerprint density at radius 2 is 0.929 bits per heavy atom. The molecule has 0 bridgehead atoms. The quantitative estimate of drug-likeness (QED) is 0.161. The van der Waals surface area contributed by atoms with Crippen LogP contribution in [0.15, 0.2) is 249 Å². The molecule has 0 radical (unpaired) electrons. The van der Waals surface area contributed by atoms with Gasteiger partial charge in [0.25, 0.3) is 6.71 Å². The van der Waals surface area contributed by atoms with E-state index in [1.165, 1.54) is 21.9 Å². The maximum absolute atomic E-state index is 9.69. The fourth-order valence-electron chi connectivity index (χ4n) is 14.8. The van der Waals surface area contributed by atoms with Crippen molar-refractivity contribution in [1.82, 2.24) is 13.5 Å². The smallest absolute Gasteiger partial charge is 0.252 e. The molecule has 0 spiro atoms. The Morgan fingerprint density at radius 1 is 0.353 bits per heavy atom. The molecule has 18 rings (SSSR count). The molecule has 4 nitrogen and oxygen atoms in total. The van der Waals surface area contributed by atoms with Gasteiger partial charge in [0.1, 0.15) is 0 Å². The van der Waals surface area contributed by atoms with E-state index in [0.29, 0.717) is 5.69 Å². The van der Waals surface area contributed by atoms with Crippen LogP contribution in [0.2, 0.25) is 0 Å². The van der Waals surface area contributed by atoms with E-state index in [1.807, 2.05) is 12.1 Å². The SMILES string of the molecule is [2H]c1c([2H])c([2H])c2c(c1[2H])c1c([2H])c([2H])c([2H])c([2H])c1n2-c1ccc2c(c1)N(c1ccc(-c3ccccc3)cc1)c1c3c(cc4c1c1cccc5c6ccccc6c6ccccc6c6ccccc6n4c51)-n1c4ccc(C(C)(C)C)cc4c4cc(C(C)(C)C)cc(c41)B23. The summed E-state index contributed by atoms with van der Waals surface area (Å²) in [5, 5.41) is 11.2. The Labute approximate surface area is 505 Å². The highest BCUT2D eigenvalue weighted by atomic mass is 15.2. The standard InChI is InChI=1S/C80H59BN4/c1-79(2,3)50-37-42-70-63(43-50)64-44-51(80(4,5)6)45-66-77(64)85(70)73-47-72-74(62-31-20-30-61-57-26-13-11-24-55(57)54-23-10-12-25-56(54)58-27-14-19-34-69(58)84(72)76(61)62)78-75(73)81(66)65-41-40-53(82-67-32-17-15-28-59(67)60-29-16-18-33-68(60)82)46-71(65)83(78)52-38-35-49(36-39-52)48-21-8-7-9-22-48/h7-47H,1-6H3/i15D,16D,17D,18D,28D,29D,32D,33D. The van der Waals surface area contributed by atoms with E-state index < -0.39 is 24.2 Å². The number of hydrogen-bond acceptors (Lipinski definition) is 1. The van der Waals surface area contributed by atoms with Crippen LogP contribution in [0.4, 0.5) is 17.1 Å². The van der Waals surface area contributed by atoms with Gasteiger partial charge in [0.2, 0.25) is 0 Å². The molecule has 0 saturated carbocycles. The van der Waals surface area contributed by atoms with Crippen molar-refractivity contribution >= 4 is 143 Å². The van der Waals surface area contributed by atoms with Crippen molar-refractivity contribution in [2.45, 2.75) is 52.4 Å². The van der Waals surface area contributed by atoms with E-state index in [0.717, 1.165) is 121 Å². The van der Waals surface area contributed by atoms with Crippen LogP contribution < -0.4 is 21.3 Å². The van der Waals surface area contributed by atoms with E-state index >= 15 is 0 Å². The number of fused-ring (bicyclic) bond motifs is 21. The van der Waals surface area contributed by atoms with Crippen LogP contribution in [0.1, 0.15) is 63.6 Å². The summed E-state index contributed by atoms with van der Waals surface area (Å²) < 4.78 is 81.2. The first-order valence-corrected chi connectivity index (χ1v) is 29.5. The van der Waals surface area contributed by atoms with Crippen molar-refractivity contribution in [3.05, 3.63) is 260 Å². The number of para-hydroxylation sites is 4. The van der Waals surface area contributed by atoms with E-state index in [-0.39, 0.29) is 63.5 Å². The average Bonchev–Trinajstić information content (AvgIpc) is 1.59. The van der Waals surface area contributed by atoms with Crippen molar-refractivity contribution in [2.75, 3.05) is 4.90 Å². The third-order valence-corrected chi connectivity index (χ3v) is 18.7. The Morgan fingerprint density at radius 3 is 1.62 bits per heavy atom. The van der Waals surface area contributed by atoms with Crippen LogP contribution in [0, 0.1) is 0 Å². The minimum absolute atomic E-state index is 0.0307. The molecule has 0 saturated heterocycles. The molecule has 0 N–H and O–H groups in total. The van der Waals surface area contributed by atoms with Crippen molar-refractivity contribution < 1.29 is 11.0 Å². The molecule has 4 aromatic heterocycles. The predicted molar refractivity (Wildman–Crippen MR) is 365 cm³/mol. The Hall–Kier alpha value is -10.1. The van der Waals surface area contributed by atoms with Crippen LogP contribution in [-0.4, -0.2) is 20.2 Å². The van der Waals surface area contributed by atoms with Crippen molar-refractivity contribution in [3.63, 3.8) is 0 Å². The van der Waals surface area contributed by atoms with Gasteiger partial charge in [-0.1, -0.05) is 223 Å². The highest BCUT2D eigenvalue weighted by molar-refractivity contribution is 7.00. The summed E-state index contributed by atoms with van der Waals surface area (Å²) in [6.45, 7) is 13.3. The van der Waals surface area contributed by atoms with Crippen LogP contribution in [0.3, 0.4) is 0 Å². The monoisotopic (exact) mass is 1090 g/mol. The van der Waals surface area contributed by atoms with Crippen LogP contribution in [0.5, 0.6) is 0 Å². The molecule has 12 aromatic carbocycles. The fraction of sp³-hybridized carbons (Fsp3) is 0.100. The molecule has 16 aromatic rings. The summed E-state index contributed by atoms with van der Waals surface area (Å²) >= 11 is 0. The van der Waals surface area contributed by atoms with Gasteiger partial charge in [-0.25, -0.2) is 0 Å². The number of rotatable bonds is 3. The predicted octanol–water partition coefficient (Wildman–Crippen LogP) is 19.3. The number of nitrogens with zero attached hydrogens (tertiary/aromatic N) is 4. The summed E-state index contributed by atoms with van der Waals surface area (Å²) in [7, 11) is 0. The second-order valence-corrected chi connectivity index (χ2v) is 25.4. The lowest BCUT2D eigenvalue weighted by atomic mass is 9.33. The molecular weight excluding hydrogens is 1030 g/mol. The van der Waals surface area contributed by atoms with Crippen LogP contribution in [-0.2, 0) is 10.8 Å². The summed E-state index contributed by atoms with van der Waals surface area (Å²) in [6.07, 6.45) is 0. The van der Waals surface area contributed by atoms with Gasteiger partial charge in [0.05, 0.1) is 49.8 Å². The van der Waals surface area contributed by atoms with E-state index in [4.69, 9.17) is 5.48 Å². The van der Waals surface area contributed by atoms with Crippen molar-refractivity contribution in [1.29, 1.82) is 0 Å². The minimum Gasteiger partial charge on any atom is -0.311 e. The molecule has 0 amide bonds. The van der Waals surface area contributed by atoms with Gasteiger partial charge >= 0.3 is 0 Å². The Balaban J connectivity index is 1.10. The molecule has 0 unspecified atom stereocenters. The summed E-state index contributed by atoms with van der Waals surface area (Å²) in [5.41, 5.74) is 17.1. The molecular formula is C80H59BN4. The first-order chi connectivity index (χ1) is 44.8. The fourth-order valence-corrected chi connectivity index (χ4v) is 14.8. The highest BCUT2D eigenvalue weighted by Gasteiger charge is 2.45. The van der Waals surface area contributed by atoms with E-state index in [2.05, 4.69) is 243 Å². The Bertz CT molecular complexity index is 6050. The van der Waals surface area contributed by atoms with E-state index in [9.17, 15) is 5.48 Å². The van der Waals surface area contributed by atoms with Gasteiger partial charge in [-0.2, -0.15) is 0 Å². The van der Waals surface area contributed by atoms with Gasteiger partial charge in [-0.3, -0.25) is 0 Å². The van der Waals surface area contributed by atoms with Crippen molar-refractivity contribution in [2.24, 2.45) is 0 Å². The van der Waals surface area contributed by atoms with Gasteiger partial charge in [0, 0.05) is 71.4 Å². The third kappa shape index (κ3) is 6.69. The molecule has 0 fully saturated rings. The zero-order valence-corrected chi connectivity index (χ0v) is 47.9. The third-order valence-electron chi connectivity index (χ3n) is 18.7. The van der Waals surface area contributed by atoms with Gasteiger partial charge in [-0.15, -0.1) is 0 Å². The summed E-state index contributed by atoms with van der Waals surface area (Å²) in [4.78, 5) is 2.42. The number of hydrogen-bond donors (Lipinski definition) is 0. The molecule has 2 aliphatic heterocycles. The van der Waals surface area contributed by atoms with Crippen molar-refractivity contribution in [3.8, 4) is 22.5 Å². The number of benzene rings is 12. The van der Waals surface area contributed by atoms with Gasteiger partial charge in [-0.05, 0) is 138 Å². The lowest BCUT2D eigenvalue weighted by molar-refractivity contribution is 0.590. The molecule has 85 heavy (non-hydrogen) atoms. The highest BCUT2D eigenvalue weighted by Crippen LogP contribution is 2.51.